The van der Waals surface area contributed by atoms with E-state index in [0.29, 0.717) is 6.42 Å². The lowest BCUT2D eigenvalue weighted by Crippen LogP contribution is -2.28. The minimum absolute atomic E-state index is 0.0624. The molecule has 2 heterocycles. The number of aryl methyl sites for hydroxylation is 1. The Kier molecular flexibility index (Phi) is 4.62. The first-order chi connectivity index (χ1) is 12.7. The summed E-state index contributed by atoms with van der Waals surface area (Å²) in [7, 11) is 0. The van der Waals surface area contributed by atoms with Crippen LogP contribution in [0.4, 0.5) is 5.69 Å². The Balaban J connectivity index is 1.41. The lowest BCUT2D eigenvalue weighted by molar-refractivity contribution is -0.117. The quantitative estimate of drug-likeness (QED) is 0.766. The number of hydrogen-bond donors (Lipinski definition) is 1. The number of ether oxygens (including phenoxy) is 1. The van der Waals surface area contributed by atoms with Crippen LogP contribution in [0.15, 0.2) is 59.8 Å². The summed E-state index contributed by atoms with van der Waals surface area (Å²) in [5, 5.41) is 10.8. The first-order valence-corrected chi connectivity index (χ1v) is 9.33. The molecule has 0 bridgehead atoms. The van der Waals surface area contributed by atoms with Gasteiger partial charge in [0.2, 0.25) is 5.91 Å². The number of amides is 1. The molecule has 6 nitrogen and oxygen atoms in total. The summed E-state index contributed by atoms with van der Waals surface area (Å²) in [4.78, 5) is 13.6. The molecule has 0 saturated heterocycles. The van der Waals surface area contributed by atoms with Crippen LogP contribution in [-0.4, -0.2) is 32.5 Å². The van der Waals surface area contributed by atoms with Gasteiger partial charge in [-0.3, -0.25) is 9.36 Å². The summed E-state index contributed by atoms with van der Waals surface area (Å²) in [5.74, 6) is 2.35. The van der Waals surface area contributed by atoms with Crippen molar-refractivity contribution in [3.63, 3.8) is 0 Å². The number of benzene rings is 2. The standard InChI is InChI=1S/C19H18N4O2S/c1-13-22-20-12-23(13)15-6-4-5-14(9-15)21-19(24)10-16-11-26-18-8-3-2-7-17(18)25-16/h2-9,12,16H,10-11H2,1H3,(H,21,24). The molecule has 1 aliphatic heterocycles. The number of para-hydroxylation sites is 1. The van der Waals surface area contributed by atoms with Crippen LogP contribution in [0, 0.1) is 6.92 Å². The topological polar surface area (TPSA) is 69.0 Å². The van der Waals surface area contributed by atoms with Crippen molar-refractivity contribution in [1.82, 2.24) is 14.8 Å². The number of rotatable bonds is 4. The molecule has 1 aromatic heterocycles. The number of aromatic nitrogens is 3. The third-order valence-corrected chi connectivity index (χ3v) is 5.29. The van der Waals surface area contributed by atoms with Crippen LogP contribution in [0.25, 0.3) is 5.69 Å². The van der Waals surface area contributed by atoms with E-state index in [9.17, 15) is 4.79 Å². The minimum atomic E-state index is -0.127. The summed E-state index contributed by atoms with van der Waals surface area (Å²) in [6.45, 7) is 1.88. The van der Waals surface area contributed by atoms with Gasteiger partial charge in [-0.15, -0.1) is 22.0 Å². The lowest BCUT2D eigenvalue weighted by atomic mass is 10.2. The molecule has 7 heteroatoms. The van der Waals surface area contributed by atoms with Crippen LogP contribution in [0.5, 0.6) is 5.75 Å². The molecular weight excluding hydrogens is 348 g/mol. The molecule has 0 saturated carbocycles. The molecule has 0 aliphatic carbocycles. The molecule has 1 atom stereocenters. The van der Waals surface area contributed by atoms with Gasteiger partial charge >= 0.3 is 0 Å². The number of nitrogens with zero attached hydrogens (tertiary/aromatic N) is 3. The zero-order valence-corrected chi connectivity index (χ0v) is 15.1. The van der Waals surface area contributed by atoms with Crippen LogP contribution < -0.4 is 10.1 Å². The fourth-order valence-electron chi connectivity index (χ4n) is 2.86. The van der Waals surface area contributed by atoms with Gasteiger partial charge in [0.15, 0.2) is 0 Å². The van der Waals surface area contributed by atoms with Crippen molar-refractivity contribution in [3.8, 4) is 11.4 Å². The smallest absolute Gasteiger partial charge is 0.228 e. The molecule has 1 N–H and O–H groups in total. The molecule has 1 aliphatic rings. The minimum Gasteiger partial charge on any atom is -0.488 e. The van der Waals surface area contributed by atoms with Crippen molar-refractivity contribution in [2.75, 3.05) is 11.1 Å². The Morgan fingerprint density at radius 1 is 1.31 bits per heavy atom. The molecule has 0 radical (unpaired) electrons. The molecule has 4 rings (SSSR count). The highest BCUT2D eigenvalue weighted by atomic mass is 32.2. The second-order valence-electron chi connectivity index (χ2n) is 6.05. The average molecular weight is 366 g/mol. The number of anilines is 1. The first-order valence-electron chi connectivity index (χ1n) is 8.34. The molecule has 1 amide bonds. The largest absolute Gasteiger partial charge is 0.488 e. The van der Waals surface area contributed by atoms with Gasteiger partial charge in [-0.2, -0.15) is 0 Å². The number of hydrogen-bond acceptors (Lipinski definition) is 5. The zero-order chi connectivity index (χ0) is 17.9. The first kappa shape index (κ1) is 16.7. The van der Waals surface area contributed by atoms with E-state index >= 15 is 0 Å². The maximum absolute atomic E-state index is 12.4. The van der Waals surface area contributed by atoms with E-state index in [2.05, 4.69) is 15.5 Å². The van der Waals surface area contributed by atoms with Gasteiger partial charge in [0.05, 0.1) is 12.1 Å². The summed E-state index contributed by atoms with van der Waals surface area (Å²) in [6.07, 6.45) is 1.84. The van der Waals surface area contributed by atoms with Crippen molar-refractivity contribution < 1.29 is 9.53 Å². The molecule has 2 aromatic carbocycles. The second kappa shape index (κ2) is 7.21. The lowest BCUT2D eigenvalue weighted by Gasteiger charge is -2.25. The second-order valence-corrected chi connectivity index (χ2v) is 7.11. The molecular formula is C19H18N4O2S. The summed E-state index contributed by atoms with van der Waals surface area (Å²) < 4.78 is 7.80. The number of carbonyl (C=O) groups excluding carboxylic acids is 1. The normalized spacial score (nSPS) is 15.8. The van der Waals surface area contributed by atoms with E-state index in [1.54, 1.807) is 18.1 Å². The number of thioether (sulfide) groups is 1. The van der Waals surface area contributed by atoms with Crippen LogP contribution in [0.2, 0.25) is 0 Å². The van der Waals surface area contributed by atoms with Gasteiger partial charge in [-0.05, 0) is 37.3 Å². The van der Waals surface area contributed by atoms with Crippen molar-refractivity contribution in [1.29, 1.82) is 0 Å². The van der Waals surface area contributed by atoms with Crippen LogP contribution in [0.3, 0.4) is 0 Å². The summed E-state index contributed by atoms with van der Waals surface area (Å²) in [5.41, 5.74) is 1.65. The van der Waals surface area contributed by atoms with Crippen LogP contribution in [0.1, 0.15) is 12.2 Å². The predicted octanol–water partition coefficient (Wildman–Crippen LogP) is 3.46. The fraction of sp³-hybridized carbons (Fsp3) is 0.211. The zero-order valence-electron chi connectivity index (χ0n) is 14.3. The van der Waals surface area contributed by atoms with Crippen molar-refractivity contribution in [2.24, 2.45) is 0 Å². The number of nitrogens with one attached hydrogen (secondary N) is 1. The van der Waals surface area contributed by atoms with E-state index in [0.717, 1.165) is 33.6 Å². The average Bonchev–Trinajstić information content (AvgIpc) is 3.08. The third-order valence-electron chi connectivity index (χ3n) is 4.11. The molecule has 3 aromatic rings. The molecule has 0 fully saturated rings. The Bertz CT molecular complexity index is 941. The van der Waals surface area contributed by atoms with Gasteiger partial charge in [0.1, 0.15) is 24.0 Å². The maximum atomic E-state index is 12.4. The van der Waals surface area contributed by atoms with Gasteiger partial charge in [-0.1, -0.05) is 18.2 Å². The van der Waals surface area contributed by atoms with Crippen molar-refractivity contribution >= 4 is 23.4 Å². The Morgan fingerprint density at radius 3 is 3.04 bits per heavy atom. The molecule has 26 heavy (non-hydrogen) atoms. The molecule has 132 valence electrons. The van der Waals surface area contributed by atoms with E-state index < -0.39 is 0 Å². The fourth-order valence-corrected chi connectivity index (χ4v) is 3.85. The monoisotopic (exact) mass is 366 g/mol. The summed E-state index contributed by atoms with van der Waals surface area (Å²) in [6, 6.07) is 15.5. The van der Waals surface area contributed by atoms with Crippen LogP contribution in [-0.2, 0) is 4.79 Å². The maximum Gasteiger partial charge on any atom is 0.228 e. The molecule has 0 spiro atoms. The Hall–Kier alpha value is -2.80. The number of carbonyl (C=O) groups is 1. The Morgan fingerprint density at radius 2 is 2.19 bits per heavy atom. The highest BCUT2D eigenvalue weighted by Crippen LogP contribution is 2.35. The highest BCUT2D eigenvalue weighted by Gasteiger charge is 2.22. The van der Waals surface area contributed by atoms with Gasteiger partial charge in [0, 0.05) is 16.3 Å². The van der Waals surface area contributed by atoms with E-state index in [1.165, 1.54) is 0 Å². The van der Waals surface area contributed by atoms with Crippen molar-refractivity contribution in [3.05, 3.63) is 60.7 Å². The van der Waals surface area contributed by atoms with Gasteiger partial charge in [0.25, 0.3) is 0 Å². The van der Waals surface area contributed by atoms with Gasteiger partial charge in [-0.25, -0.2) is 0 Å². The van der Waals surface area contributed by atoms with E-state index in [4.69, 9.17) is 4.74 Å². The number of fused-ring (bicyclic) bond motifs is 1. The highest BCUT2D eigenvalue weighted by molar-refractivity contribution is 7.99. The summed E-state index contributed by atoms with van der Waals surface area (Å²) >= 11 is 1.73. The van der Waals surface area contributed by atoms with Gasteiger partial charge < -0.3 is 10.1 Å². The van der Waals surface area contributed by atoms with Crippen molar-refractivity contribution in [2.45, 2.75) is 24.3 Å². The van der Waals surface area contributed by atoms with Crippen LogP contribution >= 0.6 is 11.8 Å². The SMILES string of the molecule is Cc1nncn1-c1cccc(NC(=O)CC2CSc3ccccc3O2)c1. The third kappa shape index (κ3) is 3.57. The van der Waals surface area contributed by atoms with E-state index in [1.807, 2.05) is 60.0 Å². The Labute approximate surface area is 155 Å². The van der Waals surface area contributed by atoms with E-state index in [-0.39, 0.29) is 12.0 Å². The molecule has 1 unspecified atom stereocenters. The predicted molar refractivity (Wildman–Crippen MR) is 101 cm³/mol.